The minimum atomic E-state index is -1.03. The fraction of sp³-hybridized carbons (Fsp3) is 0.474. The van der Waals surface area contributed by atoms with E-state index in [1.54, 1.807) is 6.92 Å². The smallest absolute Gasteiger partial charge is 0.337 e. The molecule has 1 unspecified atom stereocenters. The van der Waals surface area contributed by atoms with Crippen LogP contribution >= 0.6 is 15.9 Å². The number of allylic oxidation sites excluding steroid dienone is 1. The summed E-state index contributed by atoms with van der Waals surface area (Å²) in [6, 6.07) is 2.16. The van der Waals surface area contributed by atoms with Gasteiger partial charge in [0.1, 0.15) is 0 Å². The number of nitrogens with zero attached hydrogens (tertiary/aromatic N) is 1. The molecule has 1 aliphatic rings. The van der Waals surface area contributed by atoms with Crippen molar-refractivity contribution in [2.75, 3.05) is 19.0 Å². The van der Waals surface area contributed by atoms with Gasteiger partial charge in [-0.2, -0.15) is 0 Å². The molecule has 1 aromatic rings. The zero-order chi connectivity index (χ0) is 20.1. The van der Waals surface area contributed by atoms with E-state index in [-0.39, 0.29) is 11.6 Å². The van der Waals surface area contributed by atoms with Crippen LogP contribution in [0.4, 0.5) is 13.6 Å². The molecule has 0 saturated heterocycles. The molecule has 2 atom stereocenters. The van der Waals surface area contributed by atoms with Gasteiger partial charge >= 0.3 is 12.0 Å². The van der Waals surface area contributed by atoms with Gasteiger partial charge in [0.05, 0.1) is 18.7 Å². The lowest BCUT2D eigenvalue weighted by molar-refractivity contribution is -0.137. The highest BCUT2D eigenvalue weighted by molar-refractivity contribution is 9.09. The summed E-state index contributed by atoms with van der Waals surface area (Å²) in [5, 5.41) is 3.51. The Balaban J connectivity index is 2.44. The summed E-state index contributed by atoms with van der Waals surface area (Å²) < 4.78 is 32.1. The van der Waals surface area contributed by atoms with Gasteiger partial charge in [0, 0.05) is 17.6 Å². The lowest BCUT2D eigenvalue weighted by atomic mass is 9.93. The fourth-order valence-electron chi connectivity index (χ4n) is 3.10. The van der Waals surface area contributed by atoms with Gasteiger partial charge in [-0.3, -0.25) is 0 Å². The third-order valence-corrected chi connectivity index (χ3v) is 5.67. The highest BCUT2D eigenvalue weighted by Crippen LogP contribution is 2.35. The van der Waals surface area contributed by atoms with Gasteiger partial charge < -0.3 is 15.0 Å². The van der Waals surface area contributed by atoms with Gasteiger partial charge in [-0.25, -0.2) is 18.4 Å². The third kappa shape index (κ3) is 4.86. The van der Waals surface area contributed by atoms with Crippen LogP contribution in [-0.2, 0) is 9.53 Å². The Hall–Kier alpha value is -1.96. The fourth-order valence-corrected chi connectivity index (χ4v) is 3.42. The molecule has 1 heterocycles. The van der Waals surface area contributed by atoms with E-state index >= 15 is 0 Å². The molecule has 27 heavy (non-hydrogen) atoms. The summed E-state index contributed by atoms with van der Waals surface area (Å²) in [5.74, 6) is -2.22. The van der Waals surface area contributed by atoms with Gasteiger partial charge in [0.15, 0.2) is 11.6 Å². The Morgan fingerprint density at radius 1 is 1.37 bits per heavy atom. The summed E-state index contributed by atoms with van der Waals surface area (Å²) in [6.45, 7) is 4.03. The monoisotopic (exact) mass is 444 g/mol. The molecule has 0 spiro atoms. The number of hydrogen-bond donors (Lipinski definition) is 1. The number of urea groups is 1. The van der Waals surface area contributed by atoms with Crippen LogP contribution in [0.3, 0.4) is 0 Å². The number of methoxy groups -OCH3 is 1. The molecule has 0 bridgehead atoms. The van der Waals surface area contributed by atoms with Gasteiger partial charge in [0.25, 0.3) is 0 Å². The Bertz CT molecular complexity index is 754. The number of amides is 2. The highest BCUT2D eigenvalue weighted by Gasteiger charge is 2.38. The molecule has 5 nitrogen and oxygen atoms in total. The van der Waals surface area contributed by atoms with Crippen LogP contribution in [0.15, 0.2) is 29.5 Å². The maximum Gasteiger partial charge on any atom is 0.337 e. The molecule has 148 valence electrons. The molecule has 1 aromatic carbocycles. The lowest BCUT2D eigenvalue weighted by Gasteiger charge is -2.38. The van der Waals surface area contributed by atoms with Crippen LogP contribution in [0.2, 0.25) is 0 Å². The first-order valence-corrected chi connectivity index (χ1v) is 9.79. The standard InChI is InChI=1S/C19H23BrF2N2O3/c1-11(10-20)5-4-8-24-17(13-6-7-14(21)15(22)9-13)16(18(25)27-3)12(2)23-19(24)26/h6-7,9,11,17H,4-5,8,10H2,1-3H3,(H,23,26)/t11-,17?/m0/s1. The molecule has 0 aromatic heterocycles. The van der Waals surface area contributed by atoms with Gasteiger partial charge in [-0.05, 0) is 43.4 Å². The zero-order valence-electron chi connectivity index (χ0n) is 15.5. The average Bonchev–Trinajstić information content (AvgIpc) is 2.64. The molecular weight excluding hydrogens is 422 g/mol. The molecule has 2 rings (SSSR count). The van der Waals surface area contributed by atoms with Crippen molar-refractivity contribution in [1.82, 2.24) is 10.2 Å². The molecule has 1 aliphatic heterocycles. The average molecular weight is 445 g/mol. The summed E-state index contributed by atoms with van der Waals surface area (Å²) in [7, 11) is 1.24. The van der Waals surface area contributed by atoms with Crippen molar-refractivity contribution in [3.8, 4) is 0 Å². The van der Waals surface area contributed by atoms with Gasteiger partial charge in [-0.1, -0.05) is 28.9 Å². The van der Waals surface area contributed by atoms with E-state index in [0.717, 1.165) is 23.9 Å². The first-order valence-electron chi connectivity index (χ1n) is 8.67. The maximum atomic E-state index is 13.8. The normalized spacial score (nSPS) is 18.4. The van der Waals surface area contributed by atoms with Crippen LogP contribution in [0, 0.1) is 17.6 Å². The maximum absolute atomic E-state index is 13.8. The van der Waals surface area contributed by atoms with Gasteiger partial charge in [0.2, 0.25) is 0 Å². The third-order valence-electron chi connectivity index (χ3n) is 4.57. The highest BCUT2D eigenvalue weighted by atomic mass is 79.9. The Kier molecular flexibility index (Phi) is 7.35. The van der Waals surface area contributed by atoms with Crippen LogP contribution in [0.25, 0.3) is 0 Å². The van der Waals surface area contributed by atoms with E-state index in [9.17, 15) is 18.4 Å². The number of benzene rings is 1. The largest absolute Gasteiger partial charge is 0.466 e. The number of carbonyl (C=O) groups is 2. The van der Waals surface area contributed by atoms with Crippen molar-refractivity contribution in [2.24, 2.45) is 5.92 Å². The number of halogens is 3. The number of esters is 1. The molecule has 0 saturated carbocycles. The number of alkyl halides is 1. The van der Waals surface area contributed by atoms with Crippen molar-refractivity contribution < 1.29 is 23.1 Å². The molecular formula is C19H23BrF2N2O3. The number of ether oxygens (including phenoxy) is 1. The first-order chi connectivity index (χ1) is 12.8. The number of nitrogens with one attached hydrogen (secondary N) is 1. The Morgan fingerprint density at radius 3 is 2.67 bits per heavy atom. The predicted octanol–water partition coefficient (Wildman–Crippen LogP) is 4.29. The van der Waals surface area contributed by atoms with Crippen LogP contribution in [0.1, 0.15) is 38.3 Å². The number of hydrogen-bond acceptors (Lipinski definition) is 3. The Labute approximate surface area is 165 Å². The second-order valence-corrected chi connectivity index (χ2v) is 7.28. The minimum absolute atomic E-state index is 0.205. The molecule has 0 fully saturated rings. The van der Waals surface area contributed by atoms with E-state index in [1.807, 2.05) is 0 Å². The predicted molar refractivity (Wildman–Crippen MR) is 101 cm³/mol. The molecule has 8 heteroatoms. The van der Waals surface area contributed by atoms with Gasteiger partial charge in [-0.15, -0.1) is 0 Å². The van der Waals surface area contributed by atoms with Crippen LogP contribution < -0.4 is 5.32 Å². The SMILES string of the molecule is COC(=O)C1=C(C)NC(=O)N(CCC[C@H](C)CBr)C1c1ccc(F)c(F)c1. The van der Waals surface area contributed by atoms with E-state index in [1.165, 1.54) is 18.1 Å². The molecule has 2 amide bonds. The molecule has 0 radical (unpaired) electrons. The van der Waals surface area contributed by atoms with E-state index < -0.39 is 23.6 Å². The second-order valence-electron chi connectivity index (χ2n) is 6.63. The van der Waals surface area contributed by atoms with Crippen molar-refractivity contribution in [2.45, 2.75) is 32.7 Å². The molecule has 1 N–H and O–H groups in total. The Morgan fingerprint density at radius 2 is 2.07 bits per heavy atom. The zero-order valence-corrected chi connectivity index (χ0v) is 17.1. The van der Waals surface area contributed by atoms with Crippen molar-refractivity contribution in [1.29, 1.82) is 0 Å². The van der Waals surface area contributed by atoms with E-state index in [0.29, 0.717) is 30.1 Å². The summed E-state index contributed by atoms with van der Waals surface area (Å²) in [6.07, 6.45) is 1.57. The molecule has 0 aliphatic carbocycles. The van der Waals surface area contributed by atoms with Crippen molar-refractivity contribution in [3.63, 3.8) is 0 Å². The number of carbonyl (C=O) groups excluding carboxylic acids is 2. The van der Waals surface area contributed by atoms with E-state index in [2.05, 4.69) is 28.2 Å². The lowest BCUT2D eigenvalue weighted by Crippen LogP contribution is -2.49. The van der Waals surface area contributed by atoms with Crippen LogP contribution in [0.5, 0.6) is 0 Å². The van der Waals surface area contributed by atoms with Crippen molar-refractivity contribution >= 4 is 27.9 Å². The van der Waals surface area contributed by atoms with Crippen LogP contribution in [-0.4, -0.2) is 35.9 Å². The van der Waals surface area contributed by atoms with Crippen molar-refractivity contribution in [3.05, 3.63) is 46.7 Å². The van der Waals surface area contributed by atoms with E-state index in [4.69, 9.17) is 4.74 Å². The minimum Gasteiger partial charge on any atom is -0.466 e. The second kappa shape index (κ2) is 9.30. The summed E-state index contributed by atoms with van der Waals surface area (Å²) >= 11 is 3.42. The summed E-state index contributed by atoms with van der Waals surface area (Å²) in [4.78, 5) is 26.4. The topological polar surface area (TPSA) is 58.6 Å². The first kappa shape index (κ1) is 21.3. The quantitative estimate of drug-likeness (QED) is 0.503. The summed E-state index contributed by atoms with van der Waals surface area (Å²) in [5.41, 5.74) is 0.861. The number of rotatable bonds is 7.